The molecule has 0 saturated carbocycles. The van der Waals surface area contributed by atoms with E-state index in [1.54, 1.807) is 18.4 Å². The molecule has 0 aliphatic rings. The van der Waals surface area contributed by atoms with Crippen LogP contribution in [0, 0.1) is 0 Å². The van der Waals surface area contributed by atoms with Crippen LogP contribution in [0.2, 0.25) is 0 Å². The van der Waals surface area contributed by atoms with Crippen LogP contribution in [0.4, 0.5) is 5.82 Å². The second-order valence-corrected chi connectivity index (χ2v) is 7.01. The van der Waals surface area contributed by atoms with E-state index >= 15 is 0 Å². The zero-order valence-electron chi connectivity index (χ0n) is 15.2. The van der Waals surface area contributed by atoms with Gasteiger partial charge in [-0.1, -0.05) is 42.1 Å². The van der Waals surface area contributed by atoms with Crippen LogP contribution in [-0.4, -0.2) is 36.5 Å². The topological polar surface area (TPSA) is 106 Å². The first-order valence-corrected chi connectivity index (χ1v) is 9.77. The second kappa shape index (κ2) is 8.61. The number of nitrogens with one attached hydrogen (secondary N) is 1. The first kappa shape index (κ1) is 18.8. The maximum absolute atomic E-state index is 12.3. The minimum absolute atomic E-state index is 0.0844. The van der Waals surface area contributed by atoms with Gasteiger partial charge in [-0.2, -0.15) is 0 Å². The fourth-order valence-electron chi connectivity index (χ4n) is 2.68. The molecule has 4 aromatic rings. The molecule has 3 heterocycles. The Morgan fingerprint density at radius 3 is 2.72 bits per heavy atom. The van der Waals surface area contributed by atoms with E-state index in [-0.39, 0.29) is 23.2 Å². The standard InChI is InChI=1S/C20H17N5O3S/c26-15-8-4-10-21-18(15)22-17(27)13-29-20-24-23-19(16-9-5-11-28-16)25(20)12-14-6-2-1-3-7-14/h1-11,26H,12-13H2,(H,21,22,27). The van der Waals surface area contributed by atoms with Gasteiger partial charge in [-0.05, 0) is 29.8 Å². The lowest BCUT2D eigenvalue weighted by molar-refractivity contribution is -0.113. The summed E-state index contributed by atoms with van der Waals surface area (Å²) in [6.07, 6.45) is 3.07. The summed E-state index contributed by atoms with van der Waals surface area (Å²) in [6, 6.07) is 16.6. The lowest BCUT2D eigenvalue weighted by atomic mass is 10.2. The molecule has 146 valence electrons. The van der Waals surface area contributed by atoms with Crippen molar-refractivity contribution in [2.24, 2.45) is 0 Å². The molecule has 4 rings (SSSR count). The summed E-state index contributed by atoms with van der Waals surface area (Å²) >= 11 is 1.24. The molecule has 8 nitrogen and oxygen atoms in total. The summed E-state index contributed by atoms with van der Waals surface area (Å²) in [5, 5.41) is 21.4. The van der Waals surface area contributed by atoms with E-state index < -0.39 is 0 Å². The molecule has 29 heavy (non-hydrogen) atoms. The average molecular weight is 407 g/mol. The third kappa shape index (κ3) is 4.46. The molecular formula is C20H17N5O3S. The zero-order valence-corrected chi connectivity index (χ0v) is 16.0. The van der Waals surface area contributed by atoms with Crippen LogP contribution in [-0.2, 0) is 11.3 Å². The van der Waals surface area contributed by atoms with Gasteiger partial charge in [-0.15, -0.1) is 10.2 Å². The van der Waals surface area contributed by atoms with Crippen LogP contribution >= 0.6 is 11.8 Å². The highest BCUT2D eigenvalue weighted by molar-refractivity contribution is 7.99. The number of thioether (sulfide) groups is 1. The van der Waals surface area contributed by atoms with E-state index in [1.807, 2.05) is 41.0 Å². The minimum atomic E-state index is -0.308. The van der Waals surface area contributed by atoms with Gasteiger partial charge in [0.25, 0.3) is 0 Å². The Hall–Kier alpha value is -3.59. The van der Waals surface area contributed by atoms with E-state index in [0.717, 1.165) is 5.56 Å². The fraction of sp³-hybridized carbons (Fsp3) is 0.100. The highest BCUT2D eigenvalue weighted by atomic mass is 32.2. The molecular weight excluding hydrogens is 390 g/mol. The zero-order chi connectivity index (χ0) is 20.1. The van der Waals surface area contributed by atoms with Crippen molar-refractivity contribution in [2.45, 2.75) is 11.7 Å². The Labute approximate surface area is 170 Å². The van der Waals surface area contributed by atoms with Crippen molar-refractivity contribution in [1.82, 2.24) is 19.7 Å². The molecule has 0 atom stereocenters. The molecule has 2 N–H and O–H groups in total. The molecule has 0 unspecified atom stereocenters. The van der Waals surface area contributed by atoms with Gasteiger partial charge in [0.15, 0.2) is 22.5 Å². The predicted octanol–water partition coefficient (Wildman–Crippen LogP) is 3.42. The fourth-order valence-corrected chi connectivity index (χ4v) is 3.42. The number of aromatic hydroxyl groups is 1. The van der Waals surface area contributed by atoms with Crippen molar-refractivity contribution in [3.63, 3.8) is 0 Å². The number of hydrogen-bond donors (Lipinski definition) is 2. The smallest absolute Gasteiger partial charge is 0.236 e. The lowest BCUT2D eigenvalue weighted by Gasteiger charge is -2.09. The highest BCUT2D eigenvalue weighted by Crippen LogP contribution is 2.26. The molecule has 9 heteroatoms. The van der Waals surface area contributed by atoms with E-state index in [4.69, 9.17) is 4.42 Å². The van der Waals surface area contributed by atoms with E-state index in [2.05, 4.69) is 20.5 Å². The van der Waals surface area contributed by atoms with Crippen molar-refractivity contribution in [2.75, 3.05) is 11.1 Å². The van der Waals surface area contributed by atoms with Crippen LogP contribution in [0.25, 0.3) is 11.6 Å². The van der Waals surface area contributed by atoms with Crippen LogP contribution in [0.15, 0.2) is 76.6 Å². The molecule has 0 spiro atoms. The first-order chi connectivity index (χ1) is 14.2. The van der Waals surface area contributed by atoms with Crippen molar-refractivity contribution in [1.29, 1.82) is 0 Å². The molecule has 1 amide bonds. The second-order valence-electron chi connectivity index (χ2n) is 6.06. The Balaban J connectivity index is 1.52. The van der Waals surface area contributed by atoms with Crippen LogP contribution in [0.5, 0.6) is 5.75 Å². The SMILES string of the molecule is O=C(CSc1nnc(-c2ccco2)n1Cc1ccccc1)Nc1ncccc1O. The largest absolute Gasteiger partial charge is 0.504 e. The number of furan rings is 1. The van der Waals surface area contributed by atoms with E-state index in [1.165, 1.54) is 24.0 Å². The van der Waals surface area contributed by atoms with Crippen molar-refractivity contribution in [3.05, 3.63) is 72.6 Å². The normalized spacial score (nSPS) is 10.8. The molecule has 0 radical (unpaired) electrons. The van der Waals surface area contributed by atoms with Gasteiger partial charge in [0.2, 0.25) is 11.7 Å². The number of benzene rings is 1. The molecule has 3 aromatic heterocycles. The number of carbonyl (C=O) groups is 1. The lowest BCUT2D eigenvalue weighted by Crippen LogP contribution is -2.15. The summed E-state index contributed by atoms with van der Waals surface area (Å²) in [5.41, 5.74) is 1.07. The number of anilines is 1. The number of pyridine rings is 1. The summed E-state index contributed by atoms with van der Waals surface area (Å²) in [7, 11) is 0. The van der Waals surface area contributed by atoms with Gasteiger partial charge in [0, 0.05) is 6.20 Å². The highest BCUT2D eigenvalue weighted by Gasteiger charge is 2.18. The number of nitrogens with zero attached hydrogens (tertiary/aromatic N) is 4. The Kier molecular flexibility index (Phi) is 5.57. The van der Waals surface area contributed by atoms with Crippen molar-refractivity contribution >= 4 is 23.5 Å². The van der Waals surface area contributed by atoms with E-state index in [0.29, 0.717) is 23.3 Å². The molecule has 0 aliphatic heterocycles. The molecule has 0 saturated heterocycles. The quantitative estimate of drug-likeness (QED) is 0.452. The van der Waals surface area contributed by atoms with Crippen LogP contribution in [0.1, 0.15) is 5.56 Å². The van der Waals surface area contributed by atoms with E-state index in [9.17, 15) is 9.90 Å². The van der Waals surface area contributed by atoms with Gasteiger partial charge >= 0.3 is 0 Å². The van der Waals surface area contributed by atoms with Crippen LogP contribution in [0.3, 0.4) is 0 Å². The summed E-state index contributed by atoms with van der Waals surface area (Å²) in [6.45, 7) is 0.537. The maximum Gasteiger partial charge on any atom is 0.236 e. The Morgan fingerprint density at radius 1 is 1.10 bits per heavy atom. The monoisotopic (exact) mass is 407 g/mol. The first-order valence-electron chi connectivity index (χ1n) is 8.78. The summed E-state index contributed by atoms with van der Waals surface area (Å²) < 4.78 is 7.39. The molecule has 0 fully saturated rings. The third-order valence-electron chi connectivity index (χ3n) is 4.02. The van der Waals surface area contributed by atoms with Gasteiger partial charge in [-0.25, -0.2) is 4.98 Å². The van der Waals surface area contributed by atoms with Crippen LogP contribution < -0.4 is 5.32 Å². The number of rotatable bonds is 7. The number of amides is 1. The van der Waals surface area contributed by atoms with Crippen molar-refractivity contribution in [3.8, 4) is 17.3 Å². The maximum atomic E-state index is 12.3. The van der Waals surface area contributed by atoms with Crippen molar-refractivity contribution < 1.29 is 14.3 Å². The molecule has 1 aromatic carbocycles. The van der Waals surface area contributed by atoms with Gasteiger partial charge in [0.1, 0.15) is 0 Å². The number of carbonyl (C=O) groups excluding carboxylic acids is 1. The average Bonchev–Trinajstić information content (AvgIpc) is 3.39. The van der Waals surface area contributed by atoms with Gasteiger partial charge < -0.3 is 14.8 Å². The Bertz CT molecular complexity index is 1100. The summed E-state index contributed by atoms with van der Waals surface area (Å²) in [5.74, 6) is 1.00. The van der Waals surface area contributed by atoms with Gasteiger partial charge in [0.05, 0.1) is 18.6 Å². The molecule has 0 aliphatic carbocycles. The molecule has 0 bridgehead atoms. The Morgan fingerprint density at radius 2 is 1.97 bits per heavy atom. The number of hydrogen-bond acceptors (Lipinski definition) is 7. The third-order valence-corrected chi connectivity index (χ3v) is 4.99. The number of aromatic nitrogens is 4. The van der Waals surface area contributed by atoms with Gasteiger partial charge in [-0.3, -0.25) is 9.36 Å². The minimum Gasteiger partial charge on any atom is -0.504 e. The predicted molar refractivity (Wildman–Crippen MR) is 109 cm³/mol. The summed E-state index contributed by atoms with van der Waals surface area (Å²) in [4.78, 5) is 16.2.